The molecule has 0 radical (unpaired) electrons. The molecule has 0 spiro atoms. The Morgan fingerprint density at radius 1 is 1.29 bits per heavy atom. The van der Waals surface area contributed by atoms with Crippen LogP contribution in [0, 0.1) is 0 Å². The fourth-order valence-electron chi connectivity index (χ4n) is 0.916. The second-order valence-corrected chi connectivity index (χ2v) is 4.47. The maximum atomic E-state index is 5.82. The number of hydrogen-bond donors (Lipinski definition) is 0. The van der Waals surface area contributed by atoms with Crippen LogP contribution in [0.1, 0.15) is 0 Å². The lowest BCUT2D eigenvalue weighted by Gasteiger charge is -2.02. The summed E-state index contributed by atoms with van der Waals surface area (Å²) in [6.45, 7) is 0. The van der Waals surface area contributed by atoms with Crippen molar-refractivity contribution in [3.8, 4) is 5.82 Å². The smallest absolute Gasteiger partial charge is 0.172 e. The summed E-state index contributed by atoms with van der Waals surface area (Å²) in [5, 5.41) is 4.44. The first-order valence-corrected chi connectivity index (χ1v) is 5.51. The van der Waals surface area contributed by atoms with Gasteiger partial charge in [-0.25, -0.2) is 14.6 Å². The van der Waals surface area contributed by atoms with Crippen molar-refractivity contribution in [2.24, 2.45) is 0 Å². The Labute approximate surface area is 102 Å². The van der Waals surface area contributed by atoms with Gasteiger partial charge in [-0.15, -0.1) is 0 Å². The zero-order valence-corrected chi connectivity index (χ0v) is 10.6. The van der Waals surface area contributed by atoms with Crippen LogP contribution in [-0.2, 0) is 0 Å². The molecule has 7 heteroatoms. The van der Waals surface area contributed by atoms with E-state index in [4.69, 9.17) is 11.6 Å². The first-order valence-electron chi connectivity index (χ1n) is 3.55. The molecule has 14 heavy (non-hydrogen) atoms. The highest BCUT2D eigenvalue weighted by atomic mass is 79.9. The van der Waals surface area contributed by atoms with Crippen molar-refractivity contribution in [1.29, 1.82) is 0 Å². The van der Waals surface area contributed by atoms with Gasteiger partial charge in [-0.3, -0.25) is 0 Å². The molecule has 0 unspecified atom stereocenters. The van der Waals surface area contributed by atoms with E-state index < -0.39 is 0 Å². The van der Waals surface area contributed by atoms with E-state index in [0.717, 1.165) is 4.47 Å². The van der Waals surface area contributed by atoms with Gasteiger partial charge in [0, 0.05) is 6.20 Å². The van der Waals surface area contributed by atoms with E-state index in [-0.39, 0.29) is 0 Å². The monoisotopic (exact) mass is 336 g/mol. The van der Waals surface area contributed by atoms with Crippen LogP contribution in [0.5, 0.6) is 0 Å². The van der Waals surface area contributed by atoms with Gasteiger partial charge >= 0.3 is 0 Å². The summed E-state index contributed by atoms with van der Waals surface area (Å²) < 4.78 is 3.10. The van der Waals surface area contributed by atoms with Crippen LogP contribution in [-0.4, -0.2) is 19.7 Å². The molecule has 0 aromatic carbocycles. The molecule has 2 heterocycles. The van der Waals surface area contributed by atoms with Crippen molar-refractivity contribution < 1.29 is 0 Å². The number of halogens is 3. The zero-order valence-electron chi connectivity index (χ0n) is 6.65. The molecule has 2 aromatic heterocycles. The minimum absolute atomic E-state index is 0.363. The number of nitrogens with zero attached hydrogens (tertiary/aromatic N) is 4. The van der Waals surface area contributed by atoms with E-state index in [2.05, 4.69) is 46.9 Å². The summed E-state index contributed by atoms with van der Waals surface area (Å²) in [6, 6.07) is 0. The van der Waals surface area contributed by atoms with Gasteiger partial charge in [0.2, 0.25) is 0 Å². The second kappa shape index (κ2) is 3.96. The lowest BCUT2D eigenvalue weighted by Crippen LogP contribution is -2.00. The summed E-state index contributed by atoms with van der Waals surface area (Å²) >= 11 is 12.4. The minimum Gasteiger partial charge on any atom is -0.223 e. The highest BCUT2D eigenvalue weighted by Gasteiger charge is 2.09. The first kappa shape index (κ1) is 10.1. The topological polar surface area (TPSA) is 43.6 Å². The number of rotatable bonds is 1. The average Bonchev–Trinajstić information content (AvgIpc) is 2.57. The van der Waals surface area contributed by atoms with Gasteiger partial charge in [-0.1, -0.05) is 11.6 Å². The maximum Gasteiger partial charge on any atom is 0.172 e. The molecular formula is C7H3Br2ClN4. The van der Waals surface area contributed by atoms with E-state index in [9.17, 15) is 0 Å². The molecule has 0 atom stereocenters. The molecule has 0 aliphatic rings. The Balaban J connectivity index is 2.57. The van der Waals surface area contributed by atoms with E-state index in [0.29, 0.717) is 15.4 Å². The SMILES string of the molecule is Clc1ncnc(-n2cc(Br)cn2)c1Br. The summed E-state index contributed by atoms with van der Waals surface area (Å²) in [6.07, 6.45) is 4.84. The van der Waals surface area contributed by atoms with Crippen LogP contribution >= 0.6 is 43.5 Å². The molecule has 0 amide bonds. The largest absolute Gasteiger partial charge is 0.223 e. The third kappa shape index (κ3) is 1.82. The predicted octanol–water partition coefficient (Wildman–Crippen LogP) is 2.84. The molecule has 2 aromatic rings. The molecule has 0 fully saturated rings. The van der Waals surface area contributed by atoms with Crippen molar-refractivity contribution in [2.75, 3.05) is 0 Å². The fourth-order valence-corrected chi connectivity index (χ4v) is 1.72. The van der Waals surface area contributed by atoms with Crippen LogP contribution in [0.2, 0.25) is 5.15 Å². The number of hydrogen-bond acceptors (Lipinski definition) is 3. The molecule has 2 rings (SSSR count). The Morgan fingerprint density at radius 3 is 2.71 bits per heavy atom. The van der Waals surface area contributed by atoms with Crippen LogP contribution in [0.25, 0.3) is 5.82 Å². The van der Waals surface area contributed by atoms with Gasteiger partial charge < -0.3 is 0 Å². The molecule has 72 valence electrons. The van der Waals surface area contributed by atoms with Gasteiger partial charge in [-0.05, 0) is 31.9 Å². The third-order valence-electron chi connectivity index (χ3n) is 1.50. The average molecular weight is 338 g/mol. The van der Waals surface area contributed by atoms with Crippen molar-refractivity contribution >= 4 is 43.5 Å². The minimum atomic E-state index is 0.363. The Kier molecular flexibility index (Phi) is 2.85. The maximum absolute atomic E-state index is 5.82. The molecule has 4 nitrogen and oxygen atoms in total. The molecular weight excluding hydrogens is 335 g/mol. The molecule has 0 aliphatic heterocycles. The summed E-state index contributed by atoms with van der Waals surface area (Å²) in [5.74, 6) is 0.607. The van der Waals surface area contributed by atoms with Gasteiger partial charge in [0.15, 0.2) is 5.82 Å². The van der Waals surface area contributed by atoms with Crippen LogP contribution in [0.15, 0.2) is 27.7 Å². The summed E-state index contributed by atoms with van der Waals surface area (Å²) in [4.78, 5) is 7.89. The first-order chi connectivity index (χ1) is 6.68. The lowest BCUT2D eigenvalue weighted by atomic mass is 10.6. The van der Waals surface area contributed by atoms with Crippen LogP contribution in [0.4, 0.5) is 0 Å². The highest BCUT2D eigenvalue weighted by Crippen LogP contribution is 2.25. The van der Waals surface area contributed by atoms with Gasteiger partial charge in [0.1, 0.15) is 11.5 Å². The van der Waals surface area contributed by atoms with E-state index in [1.807, 2.05) is 0 Å². The normalized spacial score (nSPS) is 10.5. The van der Waals surface area contributed by atoms with Crippen molar-refractivity contribution in [3.63, 3.8) is 0 Å². The molecule has 0 saturated carbocycles. The second-order valence-electron chi connectivity index (χ2n) is 2.41. The van der Waals surface area contributed by atoms with E-state index in [1.165, 1.54) is 6.33 Å². The molecule has 0 N–H and O–H groups in total. The Bertz CT molecular complexity index is 470. The van der Waals surface area contributed by atoms with Gasteiger partial charge in [-0.2, -0.15) is 5.10 Å². The van der Waals surface area contributed by atoms with E-state index in [1.54, 1.807) is 17.1 Å². The molecule has 0 bridgehead atoms. The molecule has 0 saturated heterocycles. The summed E-state index contributed by atoms with van der Waals surface area (Å²) in [7, 11) is 0. The standard InChI is InChI=1S/C7H3Br2ClN4/c8-4-1-13-14(2-4)7-5(9)6(10)11-3-12-7/h1-3H. The van der Waals surface area contributed by atoms with Crippen molar-refractivity contribution in [3.05, 3.63) is 32.8 Å². The third-order valence-corrected chi connectivity index (χ3v) is 3.15. The Morgan fingerprint density at radius 2 is 2.07 bits per heavy atom. The quantitative estimate of drug-likeness (QED) is 0.751. The fraction of sp³-hybridized carbons (Fsp3) is 0. The highest BCUT2D eigenvalue weighted by molar-refractivity contribution is 9.11. The zero-order chi connectivity index (χ0) is 10.1. The number of aromatic nitrogens is 4. The van der Waals surface area contributed by atoms with Crippen molar-refractivity contribution in [1.82, 2.24) is 19.7 Å². The summed E-state index contributed by atoms with van der Waals surface area (Å²) in [5.41, 5.74) is 0. The van der Waals surface area contributed by atoms with Crippen molar-refractivity contribution in [2.45, 2.75) is 0 Å². The lowest BCUT2D eigenvalue weighted by molar-refractivity contribution is 0.833. The van der Waals surface area contributed by atoms with Gasteiger partial charge in [0.05, 0.1) is 15.1 Å². The van der Waals surface area contributed by atoms with E-state index >= 15 is 0 Å². The van der Waals surface area contributed by atoms with Gasteiger partial charge in [0.25, 0.3) is 0 Å². The van der Waals surface area contributed by atoms with Crippen LogP contribution < -0.4 is 0 Å². The predicted molar refractivity (Wildman–Crippen MR) is 59.6 cm³/mol. The molecule has 0 aliphatic carbocycles. The van der Waals surface area contributed by atoms with Crippen LogP contribution in [0.3, 0.4) is 0 Å². The Hall–Kier alpha value is -0.460.